The molecule has 9 nitrogen and oxygen atoms in total. The van der Waals surface area contributed by atoms with Gasteiger partial charge >= 0.3 is 6.09 Å². The molecule has 3 heterocycles. The van der Waals surface area contributed by atoms with Gasteiger partial charge in [-0.2, -0.15) is 10.4 Å². The van der Waals surface area contributed by atoms with Crippen molar-refractivity contribution in [2.45, 2.75) is 58.4 Å². The number of carbonyl (C=O) groups excluding carboxylic acids is 2. The van der Waals surface area contributed by atoms with Gasteiger partial charge in [0.1, 0.15) is 11.1 Å². The molecule has 3 aromatic heterocycles. The Morgan fingerprint density at radius 2 is 2.19 bits per heavy atom. The van der Waals surface area contributed by atoms with Crippen molar-refractivity contribution in [1.82, 2.24) is 20.5 Å². The van der Waals surface area contributed by atoms with Gasteiger partial charge in [-0.3, -0.25) is 14.9 Å². The number of rotatable bonds is 8. The minimum atomic E-state index is -0.465. The van der Waals surface area contributed by atoms with Crippen LogP contribution in [0.2, 0.25) is 0 Å². The Bertz CT molecular complexity index is 1260. The van der Waals surface area contributed by atoms with E-state index in [1.54, 1.807) is 12.4 Å². The number of fused-ring (bicyclic) bond motifs is 1. The van der Waals surface area contributed by atoms with Crippen molar-refractivity contribution in [1.29, 1.82) is 5.26 Å². The van der Waals surface area contributed by atoms with Gasteiger partial charge in [-0.25, -0.2) is 4.79 Å². The molecule has 10 heteroatoms. The molecule has 0 aliphatic heterocycles. The van der Waals surface area contributed by atoms with E-state index < -0.39 is 6.09 Å². The topological polar surface area (TPSA) is 133 Å². The van der Waals surface area contributed by atoms with E-state index in [1.165, 1.54) is 11.3 Å². The summed E-state index contributed by atoms with van der Waals surface area (Å²) in [6.45, 7) is 6.05. The highest BCUT2D eigenvalue weighted by molar-refractivity contribution is 7.16. The van der Waals surface area contributed by atoms with Gasteiger partial charge < -0.3 is 15.4 Å². The van der Waals surface area contributed by atoms with Crippen molar-refractivity contribution in [3.8, 4) is 6.07 Å². The lowest BCUT2D eigenvalue weighted by Crippen LogP contribution is -2.30. The summed E-state index contributed by atoms with van der Waals surface area (Å²) in [4.78, 5) is 30.4. The number of anilines is 1. The zero-order valence-corrected chi connectivity index (χ0v) is 21.4. The number of pyridine rings is 1. The lowest BCUT2D eigenvalue weighted by atomic mass is 9.88. The smallest absolute Gasteiger partial charge is 0.407 e. The van der Waals surface area contributed by atoms with Gasteiger partial charge in [0.25, 0.3) is 0 Å². The summed E-state index contributed by atoms with van der Waals surface area (Å²) in [7, 11) is 0. The molecule has 0 aromatic carbocycles. The van der Waals surface area contributed by atoms with Gasteiger partial charge in [0.2, 0.25) is 5.91 Å². The summed E-state index contributed by atoms with van der Waals surface area (Å²) in [5.41, 5.74) is 4.24. The van der Waals surface area contributed by atoms with E-state index in [0.29, 0.717) is 23.6 Å². The second-order valence-corrected chi connectivity index (χ2v) is 10.4. The first kappa shape index (κ1) is 25.4. The van der Waals surface area contributed by atoms with E-state index in [-0.39, 0.29) is 30.2 Å². The molecule has 4 rings (SSSR count). The molecule has 2 amide bonds. The lowest BCUT2D eigenvalue weighted by Gasteiger charge is -2.22. The fraction of sp³-hybridized carbons (Fsp3) is 0.423. The molecule has 0 saturated heterocycles. The fourth-order valence-electron chi connectivity index (χ4n) is 4.52. The summed E-state index contributed by atoms with van der Waals surface area (Å²) in [6.07, 6.45) is 5.47. The number of carbonyl (C=O) groups is 2. The zero-order valence-electron chi connectivity index (χ0n) is 20.6. The van der Waals surface area contributed by atoms with Gasteiger partial charge in [-0.15, -0.1) is 11.3 Å². The lowest BCUT2D eigenvalue weighted by molar-refractivity contribution is -0.116. The third-order valence-corrected chi connectivity index (χ3v) is 7.71. The molecule has 1 aliphatic rings. The summed E-state index contributed by atoms with van der Waals surface area (Å²) < 4.78 is 5.50. The molecule has 0 bridgehead atoms. The van der Waals surface area contributed by atoms with Crippen LogP contribution in [0, 0.1) is 24.2 Å². The first-order valence-corrected chi connectivity index (χ1v) is 12.9. The molecule has 36 heavy (non-hydrogen) atoms. The Balaban J connectivity index is 1.32. The average molecular weight is 507 g/mol. The van der Waals surface area contributed by atoms with Crippen LogP contribution in [0.25, 0.3) is 0 Å². The van der Waals surface area contributed by atoms with Crippen molar-refractivity contribution in [2.75, 3.05) is 11.9 Å². The van der Waals surface area contributed by atoms with E-state index in [9.17, 15) is 14.9 Å². The van der Waals surface area contributed by atoms with Gasteiger partial charge in [-0.05, 0) is 56.7 Å². The molecule has 188 valence electrons. The van der Waals surface area contributed by atoms with Crippen molar-refractivity contribution in [3.63, 3.8) is 0 Å². The second-order valence-electron chi connectivity index (χ2n) is 9.25. The van der Waals surface area contributed by atoms with E-state index in [1.807, 2.05) is 39.0 Å². The number of aromatic amines is 1. The third-order valence-electron chi connectivity index (χ3n) is 6.54. The maximum absolute atomic E-state index is 12.7. The Kier molecular flexibility index (Phi) is 8.00. The van der Waals surface area contributed by atoms with Crippen LogP contribution < -0.4 is 10.6 Å². The Morgan fingerprint density at radius 1 is 1.36 bits per heavy atom. The van der Waals surface area contributed by atoms with E-state index in [4.69, 9.17) is 4.74 Å². The third kappa shape index (κ3) is 5.91. The van der Waals surface area contributed by atoms with E-state index in [2.05, 4.69) is 31.9 Å². The number of aromatic nitrogens is 3. The quantitative estimate of drug-likeness (QED) is 0.403. The zero-order chi connectivity index (χ0) is 25.7. The maximum Gasteiger partial charge on any atom is 0.407 e. The van der Waals surface area contributed by atoms with E-state index >= 15 is 0 Å². The standard InChI is InChI=1S/C26H30N6O3S/c1-15(22-6-4-5-9-28-22)10-24(33)31-25-20(12-27)19-8-7-18(11-23(19)36-25)14-35-26(34)30-16(2)21-13-29-32-17(21)3/h4-6,9,13,15-16,18H,7-8,10-11,14H2,1-3H3,(H,29,32)(H,30,34)(H,31,33). The number of amides is 2. The molecule has 0 radical (unpaired) electrons. The maximum atomic E-state index is 12.7. The van der Waals surface area contributed by atoms with Gasteiger partial charge in [0.15, 0.2) is 0 Å². The number of nitrogens with one attached hydrogen (secondary N) is 3. The normalized spacial score (nSPS) is 16.3. The van der Waals surface area contributed by atoms with Crippen molar-refractivity contribution in [2.24, 2.45) is 5.92 Å². The first-order valence-electron chi connectivity index (χ1n) is 12.0. The highest BCUT2D eigenvalue weighted by Gasteiger charge is 2.28. The number of ether oxygens (including phenoxy) is 1. The monoisotopic (exact) mass is 506 g/mol. The first-order chi connectivity index (χ1) is 17.4. The van der Waals surface area contributed by atoms with Crippen molar-refractivity contribution < 1.29 is 14.3 Å². The van der Waals surface area contributed by atoms with Crippen LogP contribution in [-0.2, 0) is 22.4 Å². The van der Waals surface area contributed by atoms with Gasteiger partial charge in [-0.1, -0.05) is 13.0 Å². The number of nitrogens with zero attached hydrogens (tertiary/aromatic N) is 3. The molecule has 3 atom stereocenters. The minimum Gasteiger partial charge on any atom is -0.449 e. The van der Waals surface area contributed by atoms with Gasteiger partial charge in [0, 0.05) is 40.4 Å². The number of alkyl carbamates (subject to hydrolysis) is 1. The van der Waals surface area contributed by atoms with Gasteiger partial charge in [0.05, 0.1) is 24.4 Å². The molecule has 0 saturated carbocycles. The summed E-state index contributed by atoms with van der Waals surface area (Å²) >= 11 is 1.45. The molecule has 3 N–H and O–H groups in total. The van der Waals surface area contributed by atoms with Crippen LogP contribution in [0.15, 0.2) is 30.6 Å². The van der Waals surface area contributed by atoms with Crippen LogP contribution in [0.4, 0.5) is 9.80 Å². The minimum absolute atomic E-state index is 0.0286. The van der Waals surface area contributed by atoms with Crippen LogP contribution in [0.3, 0.4) is 0 Å². The largest absolute Gasteiger partial charge is 0.449 e. The number of nitriles is 1. The Morgan fingerprint density at radius 3 is 2.89 bits per heavy atom. The van der Waals surface area contributed by atoms with Crippen LogP contribution >= 0.6 is 11.3 Å². The fourth-order valence-corrected chi connectivity index (χ4v) is 5.85. The predicted molar refractivity (Wildman–Crippen MR) is 137 cm³/mol. The highest BCUT2D eigenvalue weighted by atomic mass is 32.1. The van der Waals surface area contributed by atoms with Crippen LogP contribution in [0.1, 0.15) is 71.6 Å². The second kappa shape index (κ2) is 11.4. The summed E-state index contributed by atoms with van der Waals surface area (Å²) in [5.74, 6) is -0.00642. The molecular weight excluding hydrogens is 476 g/mol. The van der Waals surface area contributed by atoms with E-state index in [0.717, 1.165) is 40.2 Å². The number of H-pyrrole nitrogens is 1. The SMILES string of the molecule is Cc1[nH]ncc1C(C)NC(=O)OCC1CCc2c(sc(NC(=O)CC(C)c3ccccn3)c2C#N)C1. The van der Waals surface area contributed by atoms with Crippen LogP contribution in [0.5, 0.6) is 0 Å². The Labute approximate surface area is 214 Å². The van der Waals surface area contributed by atoms with Crippen molar-refractivity contribution >= 4 is 28.3 Å². The number of hydrogen-bond donors (Lipinski definition) is 3. The Hall–Kier alpha value is -3.71. The summed E-state index contributed by atoms with van der Waals surface area (Å²) in [6, 6.07) is 7.73. The molecule has 0 fully saturated rings. The molecule has 1 aliphatic carbocycles. The average Bonchev–Trinajstić information content (AvgIpc) is 3.45. The molecule has 0 spiro atoms. The number of thiophene rings is 1. The predicted octanol–water partition coefficient (Wildman–Crippen LogP) is 4.77. The molecule has 3 unspecified atom stereocenters. The summed E-state index contributed by atoms with van der Waals surface area (Å²) in [5, 5.41) is 23.0. The molecule has 3 aromatic rings. The molecular formula is C26H30N6O3S. The number of aryl methyl sites for hydroxylation is 1. The highest BCUT2D eigenvalue weighted by Crippen LogP contribution is 2.39. The van der Waals surface area contributed by atoms with Crippen molar-refractivity contribution in [3.05, 3.63) is 63.5 Å². The van der Waals surface area contributed by atoms with Crippen LogP contribution in [-0.4, -0.2) is 33.8 Å². The number of hydrogen-bond acceptors (Lipinski definition) is 7.